The van der Waals surface area contributed by atoms with E-state index >= 15 is 0 Å². The highest BCUT2D eigenvalue weighted by Crippen LogP contribution is 2.36. The van der Waals surface area contributed by atoms with Crippen LogP contribution in [-0.2, 0) is 6.54 Å². The van der Waals surface area contributed by atoms with E-state index in [0.717, 1.165) is 31.6 Å². The zero-order valence-electron chi connectivity index (χ0n) is 11.9. The summed E-state index contributed by atoms with van der Waals surface area (Å²) in [6, 6.07) is 3.88. The largest absolute Gasteiger partial charge is 0.491 e. The zero-order valence-corrected chi connectivity index (χ0v) is 12.6. The van der Waals surface area contributed by atoms with Crippen molar-refractivity contribution in [3.05, 3.63) is 22.7 Å². The number of nitrogens with one attached hydrogen (secondary N) is 2. The molecule has 1 aromatic rings. The molecule has 0 saturated heterocycles. The minimum Gasteiger partial charge on any atom is -0.491 e. The van der Waals surface area contributed by atoms with Crippen molar-refractivity contribution in [3.63, 3.8) is 0 Å². The Balaban J connectivity index is 2.63. The Labute approximate surface area is 120 Å². The third-order valence-electron chi connectivity index (χ3n) is 2.68. The Bertz CT molecular complexity index is 386. The lowest BCUT2D eigenvalue weighted by atomic mass is 10.2. The first-order valence-electron chi connectivity index (χ1n) is 6.57. The van der Waals surface area contributed by atoms with Crippen molar-refractivity contribution >= 4 is 11.6 Å². The summed E-state index contributed by atoms with van der Waals surface area (Å²) in [6.07, 6.45) is 1.10. The maximum absolute atomic E-state index is 6.19. The lowest BCUT2D eigenvalue weighted by Gasteiger charge is -2.13. The van der Waals surface area contributed by atoms with Crippen LogP contribution in [0, 0.1) is 0 Å². The maximum Gasteiger partial charge on any atom is 0.179 e. The lowest BCUT2D eigenvalue weighted by Crippen LogP contribution is -2.19. The maximum atomic E-state index is 6.19. The summed E-state index contributed by atoms with van der Waals surface area (Å²) >= 11 is 6.19. The molecule has 0 aliphatic rings. The van der Waals surface area contributed by atoms with Gasteiger partial charge in [-0.1, -0.05) is 11.6 Å². The van der Waals surface area contributed by atoms with E-state index in [4.69, 9.17) is 21.1 Å². The van der Waals surface area contributed by atoms with Gasteiger partial charge >= 0.3 is 0 Å². The summed E-state index contributed by atoms with van der Waals surface area (Å²) in [5, 5.41) is 7.08. The number of hydrogen-bond donors (Lipinski definition) is 2. The molecule has 0 aromatic heterocycles. The molecule has 0 aliphatic heterocycles. The number of hydrogen-bond acceptors (Lipinski definition) is 4. The van der Waals surface area contributed by atoms with E-state index in [9.17, 15) is 0 Å². The third kappa shape index (κ3) is 5.27. The number of methoxy groups -OCH3 is 1. The molecule has 1 rings (SSSR count). The van der Waals surface area contributed by atoms with Crippen LogP contribution in [0.1, 0.15) is 18.9 Å². The lowest BCUT2D eigenvalue weighted by molar-refractivity contribution is 0.310. The first kappa shape index (κ1) is 16.1. The highest BCUT2D eigenvalue weighted by Gasteiger charge is 2.11. The average molecular weight is 287 g/mol. The topological polar surface area (TPSA) is 42.5 Å². The molecule has 0 unspecified atom stereocenters. The normalized spacial score (nSPS) is 10.5. The van der Waals surface area contributed by atoms with Gasteiger partial charge in [0.15, 0.2) is 11.5 Å². The van der Waals surface area contributed by atoms with Gasteiger partial charge in [-0.25, -0.2) is 0 Å². The predicted molar refractivity (Wildman–Crippen MR) is 79.4 cm³/mol. The van der Waals surface area contributed by atoms with Gasteiger partial charge in [0.05, 0.1) is 18.7 Å². The second kappa shape index (κ2) is 9.02. The number of benzene rings is 1. The smallest absolute Gasteiger partial charge is 0.179 e. The average Bonchev–Trinajstić information content (AvgIpc) is 2.39. The monoisotopic (exact) mass is 286 g/mol. The standard InChI is InChI=1S/C14H23ClN2O2/c1-4-19-13-9-11(8-12(15)14(13)18-3)10-17-7-5-6-16-2/h8-9,16-17H,4-7,10H2,1-3H3. The van der Waals surface area contributed by atoms with E-state index < -0.39 is 0 Å². The van der Waals surface area contributed by atoms with E-state index in [1.807, 2.05) is 26.1 Å². The highest BCUT2D eigenvalue weighted by molar-refractivity contribution is 6.32. The van der Waals surface area contributed by atoms with Crippen LogP contribution in [0.5, 0.6) is 11.5 Å². The zero-order chi connectivity index (χ0) is 14.1. The molecular formula is C14H23ClN2O2. The molecule has 0 fully saturated rings. The van der Waals surface area contributed by atoms with Gasteiger partial charge in [0, 0.05) is 6.54 Å². The minimum absolute atomic E-state index is 0.584. The van der Waals surface area contributed by atoms with Gasteiger partial charge in [-0.15, -0.1) is 0 Å². The molecule has 0 aliphatic carbocycles. The molecule has 0 amide bonds. The van der Waals surface area contributed by atoms with Crippen molar-refractivity contribution in [3.8, 4) is 11.5 Å². The Morgan fingerprint density at radius 1 is 1.26 bits per heavy atom. The van der Waals surface area contributed by atoms with Crippen LogP contribution in [-0.4, -0.2) is 33.9 Å². The first-order valence-corrected chi connectivity index (χ1v) is 6.95. The molecule has 0 saturated carbocycles. The SMILES string of the molecule is CCOc1cc(CNCCCNC)cc(Cl)c1OC. The molecule has 0 spiro atoms. The van der Waals surface area contributed by atoms with Gasteiger partial charge in [0.2, 0.25) is 0 Å². The highest BCUT2D eigenvalue weighted by atomic mass is 35.5. The Kier molecular flexibility index (Phi) is 7.63. The van der Waals surface area contributed by atoms with Crippen molar-refractivity contribution in [2.75, 3.05) is 33.9 Å². The number of halogens is 1. The molecule has 1 aromatic carbocycles. The van der Waals surface area contributed by atoms with E-state index in [2.05, 4.69) is 10.6 Å². The van der Waals surface area contributed by atoms with E-state index in [1.54, 1.807) is 7.11 Å². The molecule has 2 N–H and O–H groups in total. The fraction of sp³-hybridized carbons (Fsp3) is 0.571. The molecule has 0 radical (unpaired) electrons. The molecule has 4 nitrogen and oxygen atoms in total. The minimum atomic E-state index is 0.584. The first-order chi connectivity index (χ1) is 9.22. The quantitative estimate of drug-likeness (QED) is 0.684. The van der Waals surface area contributed by atoms with E-state index in [1.165, 1.54) is 0 Å². The fourth-order valence-corrected chi connectivity index (χ4v) is 2.12. The van der Waals surface area contributed by atoms with E-state index in [-0.39, 0.29) is 0 Å². The van der Waals surface area contributed by atoms with Crippen molar-refractivity contribution in [2.24, 2.45) is 0 Å². The van der Waals surface area contributed by atoms with Crippen molar-refractivity contribution < 1.29 is 9.47 Å². The second-order valence-corrected chi connectivity index (χ2v) is 4.58. The van der Waals surface area contributed by atoms with Gasteiger partial charge in [-0.05, 0) is 51.2 Å². The van der Waals surface area contributed by atoms with Crippen LogP contribution in [0.2, 0.25) is 5.02 Å². The summed E-state index contributed by atoms with van der Waals surface area (Å²) in [6.45, 7) is 5.28. The molecule has 0 bridgehead atoms. The van der Waals surface area contributed by atoms with Crippen molar-refractivity contribution in [1.29, 1.82) is 0 Å². The Morgan fingerprint density at radius 2 is 2.05 bits per heavy atom. The molecule has 108 valence electrons. The molecule has 0 heterocycles. The summed E-state index contributed by atoms with van der Waals surface area (Å²) in [7, 11) is 3.55. The summed E-state index contributed by atoms with van der Waals surface area (Å²) in [5.74, 6) is 1.30. The van der Waals surface area contributed by atoms with Crippen molar-refractivity contribution in [1.82, 2.24) is 10.6 Å². The molecule has 5 heteroatoms. The van der Waals surface area contributed by atoms with Crippen LogP contribution >= 0.6 is 11.6 Å². The molecular weight excluding hydrogens is 264 g/mol. The Morgan fingerprint density at radius 3 is 2.68 bits per heavy atom. The number of rotatable bonds is 9. The number of ether oxygens (including phenoxy) is 2. The summed E-state index contributed by atoms with van der Waals surface area (Å²) in [5.41, 5.74) is 1.10. The predicted octanol–water partition coefficient (Wildman–Crippen LogP) is 2.45. The van der Waals surface area contributed by atoms with Crippen LogP contribution in [0.4, 0.5) is 0 Å². The molecule has 0 atom stereocenters. The van der Waals surface area contributed by atoms with Crippen LogP contribution in [0.3, 0.4) is 0 Å². The van der Waals surface area contributed by atoms with Crippen LogP contribution < -0.4 is 20.1 Å². The third-order valence-corrected chi connectivity index (χ3v) is 2.96. The summed E-state index contributed by atoms with van der Waals surface area (Å²) < 4.78 is 10.8. The molecule has 19 heavy (non-hydrogen) atoms. The van der Waals surface area contributed by atoms with Gasteiger partial charge in [0.1, 0.15) is 0 Å². The van der Waals surface area contributed by atoms with Gasteiger partial charge in [-0.3, -0.25) is 0 Å². The fourth-order valence-electron chi connectivity index (χ4n) is 1.81. The van der Waals surface area contributed by atoms with Gasteiger partial charge < -0.3 is 20.1 Å². The van der Waals surface area contributed by atoms with Crippen molar-refractivity contribution in [2.45, 2.75) is 19.9 Å². The second-order valence-electron chi connectivity index (χ2n) is 4.18. The van der Waals surface area contributed by atoms with Gasteiger partial charge in [0.25, 0.3) is 0 Å². The van der Waals surface area contributed by atoms with Crippen LogP contribution in [0.25, 0.3) is 0 Å². The van der Waals surface area contributed by atoms with Crippen LogP contribution in [0.15, 0.2) is 12.1 Å². The Hall–Kier alpha value is -0.970. The van der Waals surface area contributed by atoms with E-state index in [0.29, 0.717) is 23.1 Å². The van der Waals surface area contributed by atoms with Gasteiger partial charge in [-0.2, -0.15) is 0 Å². The summed E-state index contributed by atoms with van der Waals surface area (Å²) in [4.78, 5) is 0.